The van der Waals surface area contributed by atoms with Crippen LogP contribution >= 0.6 is 0 Å². The third kappa shape index (κ3) is 7.09. The first-order valence-corrected chi connectivity index (χ1v) is 6.28. The van der Waals surface area contributed by atoms with Gasteiger partial charge in [-0.05, 0) is 24.7 Å². The molecule has 0 aromatic rings. The van der Waals surface area contributed by atoms with Crippen LogP contribution in [0.2, 0.25) is 0 Å². The van der Waals surface area contributed by atoms with Crippen molar-refractivity contribution in [2.45, 2.75) is 46.5 Å². The quantitative estimate of drug-likeness (QED) is 0.412. The summed E-state index contributed by atoms with van der Waals surface area (Å²) in [6, 6.07) is 0. The highest BCUT2D eigenvalue weighted by Gasteiger charge is 2.33. The Bertz CT molecular complexity index is 289. The largest absolute Gasteiger partial charge is 0.481 e. The number of carbonyl (C=O) groups excluding carboxylic acids is 1. The second-order valence-corrected chi connectivity index (χ2v) is 5.47. The van der Waals surface area contributed by atoms with E-state index in [1.807, 2.05) is 26.8 Å². The predicted molar refractivity (Wildman–Crippen MR) is 70.2 cm³/mol. The van der Waals surface area contributed by atoms with Crippen LogP contribution in [0.3, 0.4) is 0 Å². The lowest BCUT2D eigenvalue weighted by molar-refractivity contribution is -0.155. The Hall–Kier alpha value is -1.32. The molecule has 0 spiro atoms. The van der Waals surface area contributed by atoms with E-state index in [4.69, 9.17) is 9.84 Å². The molecule has 4 heteroatoms. The number of carboxylic acids is 1. The highest BCUT2D eigenvalue weighted by Crippen LogP contribution is 2.29. The van der Waals surface area contributed by atoms with Crippen LogP contribution in [0.4, 0.5) is 0 Å². The molecule has 0 aromatic heterocycles. The Morgan fingerprint density at radius 3 is 2.39 bits per heavy atom. The van der Waals surface area contributed by atoms with Gasteiger partial charge in [0.2, 0.25) is 0 Å². The maximum absolute atomic E-state index is 11.5. The van der Waals surface area contributed by atoms with Crippen molar-refractivity contribution < 1.29 is 19.4 Å². The summed E-state index contributed by atoms with van der Waals surface area (Å²) in [4.78, 5) is 22.6. The van der Waals surface area contributed by atoms with Gasteiger partial charge < -0.3 is 9.84 Å². The van der Waals surface area contributed by atoms with E-state index in [2.05, 4.69) is 6.58 Å². The lowest BCUT2D eigenvalue weighted by Gasteiger charge is -2.26. The molecule has 1 atom stereocenters. The van der Waals surface area contributed by atoms with E-state index >= 15 is 0 Å². The molecule has 0 aliphatic carbocycles. The molecule has 0 saturated heterocycles. The van der Waals surface area contributed by atoms with E-state index in [1.165, 1.54) is 0 Å². The molecular formula is C14H24O4. The van der Waals surface area contributed by atoms with Crippen LogP contribution in [0.25, 0.3) is 0 Å². The Morgan fingerprint density at radius 1 is 1.33 bits per heavy atom. The lowest BCUT2D eigenvalue weighted by atomic mass is 9.79. The third-order valence-corrected chi connectivity index (χ3v) is 2.78. The monoisotopic (exact) mass is 256 g/mol. The Kier molecular flexibility index (Phi) is 7.32. The molecule has 0 unspecified atom stereocenters. The van der Waals surface area contributed by atoms with Gasteiger partial charge in [-0.2, -0.15) is 0 Å². The Labute approximate surface area is 109 Å². The van der Waals surface area contributed by atoms with E-state index in [9.17, 15) is 9.59 Å². The average Bonchev–Trinajstić information content (AvgIpc) is 2.23. The van der Waals surface area contributed by atoms with Gasteiger partial charge >= 0.3 is 11.9 Å². The molecule has 0 fully saturated rings. The highest BCUT2D eigenvalue weighted by atomic mass is 16.5. The number of rotatable bonds is 8. The van der Waals surface area contributed by atoms with Crippen molar-refractivity contribution >= 4 is 11.9 Å². The number of carbonyl (C=O) groups is 2. The summed E-state index contributed by atoms with van der Waals surface area (Å²) < 4.78 is 5.03. The van der Waals surface area contributed by atoms with Crippen LogP contribution < -0.4 is 0 Å². The van der Waals surface area contributed by atoms with E-state index in [0.29, 0.717) is 6.61 Å². The van der Waals surface area contributed by atoms with Crippen LogP contribution in [-0.4, -0.2) is 23.7 Å². The van der Waals surface area contributed by atoms with Crippen molar-refractivity contribution in [2.24, 2.45) is 11.3 Å². The fourth-order valence-corrected chi connectivity index (χ4v) is 1.57. The molecule has 0 amide bonds. The van der Waals surface area contributed by atoms with Crippen molar-refractivity contribution in [3.05, 3.63) is 12.7 Å². The highest BCUT2D eigenvalue weighted by molar-refractivity contribution is 5.79. The zero-order valence-electron chi connectivity index (χ0n) is 11.6. The minimum Gasteiger partial charge on any atom is -0.481 e. The first-order valence-electron chi connectivity index (χ1n) is 6.28. The molecule has 0 aliphatic rings. The SMILES string of the molecule is C=CCCCCOC(=O)C[C@H](C(=O)O)C(C)(C)C. The second-order valence-electron chi connectivity index (χ2n) is 5.47. The van der Waals surface area contributed by atoms with Crippen LogP contribution in [0.15, 0.2) is 12.7 Å². The van der Waals surface area contributed by atoms with Crippen molar-refractivity contribution in [1.82, 2.24) is 0 Å². The molecule has 18 heavy (non-hydrogen) atoms. The molecule has 0 heterocycles. The Balaban J connectivity index is 4.04. The minimum atomic E-state index is -0.953. The van der Waals surface area contributed by atoms with Gasteiger partial charge in [0.15, 0.2) is 0 Å². The predicted octanol–water partition coefficient (Wildman–Crippen LogP) is 3.02. The second kappa shape index (κ2) is 7.90. The van der Waals surface area contributed by atoms with Gasteiger partial charge in [0.25, 0.3) is 0 Å². The molecular weight excluding hydrogens is 232 g/mol. The van der Waals surface area contributed by atoms with Crippen molar-refractivity contribution in [2.75, 3.05) is 6.61 Å². The molecule has 104 valence electrons. The number of aliphatic carboxylic acids is 1. The molecule has 0 saturated carbocycles. The third-order valence-electron chi connectivity index (χ3n) is 2.78. The van der Waals surface area contributed by atoms with Gasteiger partial charge in [-0.25, -0.2) is 0 Å². The summed E-state index contributed by atoms with van der Waals surface area (Å²) in [6.07, 6.45) is 4.36. The van der Waals surface area contributed by atoms with E-state index in [1.54, 1.807) is 0 Å². The molecule has 0 bridgehead atoms. The van der Waals surface area contributed by atoms with Gasteiger partial charge in [-0.1, -0.05) is 26.8 Å². The molecule has 0 rings (SSSR count). The fraction of sp³-hybridized carbons (Fsp3) is 0.714. The maximum atomic E-state index is 11.5. The summed E-state index contributed by atoms with van der Waals surface area (Å²) in [5.41, 5.74) is -0.451. The summed E-state index contributed by atoms with van der Waals surface area (Å²) in [6.45, 7) is 9.38. The number of hydrogen-bond donors (Lipinski definition) is 1. The topological polar surface area (TPSA) is 63.6 Å². The van der Waals surface area contributed by atoms with Gasteiger partial charge in [0.1, 0.15) is 0 Å². The zero-order valence-corrected chi connectivity index (χ0v) is 11.6. The van der Waals surface area contributed by atoms with Crippen molar-refractivity contribution in [3.8, 4) is 0 Å². The van der Waals surface area contributed by atoms with E-state index in [-0.39, 0.29) is 6.42 Å². The molecule has 0 aliphatic heterocycles. The number of hydrogen-bond acceptors (Lipinski definition) is 3. The number of ether oxygens (including phenoxy) is 1. The van der Waals surface area contributed by atoms with E-state index < -0.39 is 23.3 Å². The number of unbranched alkanes of at least 4 members (excludes halogenated alkanes) is 2. The van der Waals surface area contributed by atoms with Gasteiger partial charge in [-0.3, -0.25) is 9.59 Å². The molecule has 4 nitrogen and oxygen atoms in total. The zero-order chi connectivity index (χ0) is 14.2. The summed E-state index contributed by atoms with van der Waals surface area (Å²) in [5.74, 6) is -2.10. The summed E-state index contributed by atoms with van der Waals surface area (Å²) >= 11 is 0. The summed E-state index contributed by atoms with van der Waals surface area (Å²) in [7, 11) is 0. The van der Waals surface area contributed by atoms with Crippen LogP contribution in [-0.2, 0) is 14.3 Å². The number of carboxylic acid groups (broad SMARTS) is 1. The van der Waals surface area contributed by atoms with Crippen molar-refractivity contribution in [3.63, 3.8) is 0 Å². The Morgan fingerprint density at radius 2 is 1.94 bits per heavy atom. The fourth-order valence-electron chi connectivity index (χ4n) is 1.57. The molecule has 0 radical (unpaired) electrons. The number of esters is 1. The average molecular weight is 256 g/mol. The van der Waals surface area contributed by atoms with Crippen LogP contribution in [0.5, 0.6) is 0 Å². The minimum absolute atomic E-state index is 0.0692. The smallest absolute Gasteiger partial charge is 0.307 e. The lowest BCUT2D eigenvalue weighted by Crippen LogP contribution is -2.31. The first kappa shape index (κ1) is 16.7. The van der Waals surface area contributed by atoms with E-state index in [0.717, 1.165) is 19.3 Å². The molecule has 1 N–H and O–H groups in total. The summed E-state index contributed by atoms with van der Waals surface area (Å²) in [5, 5.41) is 9.08. The van der Waals surface area contributed by atoms with Crippen LogP contribution in [0, 0.1) is 11.3 Å². The normalized spacial score (nSPS) is 12.8. The van der Waals surface area contributed by atoms with Crippen molar-refractivity contribution in [1.29, 1.82) is 0 Å². The number of allylic oxidation sites excluding steroid dienone is 1. The van der Waals surface area contributed by atoms with Gasteiger partial charge in [-0.15, -0.1) is 6.58 Å². The van der Waals surface area contributed by atoms with Gasteiger partial charge in [0, 0.05) is 0 Å². The maximum Gasteiger partial charge on any atom is 0.307 e. The van der Waals surface area contributed by atoms with Gasteiger partial charge in [0.05, 0.1) is 18.9 Å². The molecule has 0 aromatic carbocycles. The first-order chi connectivity index (χ1) is 8.29. The standard InChI is InChI=1S/C14H24O4/c1-5-6-7-8-9-18-12(15)10-11(13(16)17)14(2,3)4/h5,11H,1,6-10H2,2-4H3,(H,16,17)/t11-/m1/s1. The van der Waals surface area contributed by atoms with Crippen LogP contribution in [0.1, 0.15) is 46.5 Å².